The van der Waals surface area contributed by atoms with Crippen LogP contribution >= 0.6 is 7.81 Å². The summed E-state index contributed by atoms with van der Waals surface area (Å²) in [5.41, 5.74) is 4.99. The number of halogens is 6. The fourth-order valence-electron chi connectivity index (χ4n) is 3.70. The number of benzene rings is 3. The van der Waals surface area contributed by atoms with Crippen molar-refractivity contribution in [2.24, 2.45) is 0 Å². The van der Waals surface area contributed by atoms with E-state index in [4.69, 9.17) is 4.74 Å². The van der Waals surface area contributed by atoms with Crippen LogP contribution in [0.25, 0.3) is 30.8 Å². The van der Waals surface area contributed by atoms with E-state index in [2.05, 4.69) is 74.1 Å². The zero-order chi connectivity index (χ0) is 27.8. The number of hydrogen-bond acceptors (Lipinski definition) is 3. The number of hydrogen-bond donors (Lipinski definition) is 0. The van der Waals surface area contributed by atoms with Crippen LogP contribution in [0.2, 0.25) is 0 Å². The number of rotatable bonds is 3. The number of nitrogens with zero attached hydrogens (tertiary/aromatic N) is 2. The molecule has 0 unspecified atom stereocenters. The summed E-state index contributed by atoms with van der Waals surface area (Å²) in [5.74, 6) is -0.313. The quantitative estimate of drug-likeness (QED) is 0.0631. The van der Waals surface area contributed by atoms with E-state index in [0.29, 0.717) is 5.56 Å². The van der Waals surface area contributed by atoms with Crippen molar-refractivity contribution in [1.29, 1.82) is 0 Å². The molecule has 0 fully saturated rings. The molecule has 1 aliphatic carbocycles. The Balaban J connectivity index is 0.000000479. The van der Waals surface area contributed by atoms with Gasteiger partial charge in [-0.2, -0.15) is 0 Å². The minimum absolute atomic E-state index is 0.173. The number of carbonyl (C=O) groups is 1. The van der Waals surface area contributed by atoms with Gasteiger partial charge in [-0.3, -0.25) is 0 Å². The Morgan fingerprint density at radius 3 is 2.08 bits per heavy atom. The van der Waals surface area contributed by atoms with Crippen LogP contribution in [0.5, 0.6) is 0 Å². The average Bonchev–Trinajstić information content (AvgIpc) is 2.79. The molecule has 2 aromatic rings. The van der Waals surface area contributed by atoms with Crippen molar-refractivity contribution < 1.29 is 34.7 Å². The minimum atomic E-state index is -10.7. The van der Waals surface area contributed by atoms with Gasteiger partial charge in [0.2, 0.25) is 0 Å². The zero-order valence-electron chi connectivity index (χ0n) is 20.6. The van der Waals surface area contributed by atoms with Crippen molar-refractivity contribution in [2.75, 3.05) is 40.2 Å². The first-order chi connectivity index (χ1) is 16.9. The molecular formula is C25H25F6N2O2PSe. The van der Waals surface area contributed by atoms with Crippen LogP contribution in [0.1, 0.15) is 10.4 Å². The maximum atomic E-state index is 12.5. The molecule has 12 heteroatoms. The molecule has 0 atom stereocenters. The van der Waals surface area contributed by atoms with Crippen LogP contribution in [0.3, 0.4) is 0 Å². The molecule has 0 saturated heterocycles. The molecule has 0 N–H and O–H groups in total. The van der Waals surface area contributed by atoms with Gasteiger partial charge in [-0.1, -0.05) is 0 Å². The summed E-state index contributed by atoms with van der Waals surface area (Å²) in [7, 11) is -0.975. The summed E-state index contributed by atoms with van der Waals surface area (Å²) in [6.45, 7) is 0. The maximum absolute atomic E-state index is 12.5. The normalized spacial score (nSPS) is 13.3. The molecule has 4 rings (SSSR count). The van der Waals surface area contributed by atoms with Gasteiger partial charge in [0.05, 0.1) is 0 Å². The van der Waals surface area contributed by atoms with Gasteiger partial charge in [-0.25, -0.2) is 0 Å². The van der Waals surface area contributed by atoms with Gasteiger partial charge in [-0.05, 0) is 0 Å². The fourth-order valence-corrected chi connectivity index (χ4v) is 6.13. The van der Waals surface area contributed by atoms with Crippen molar-refractivity contribution in [1.82, 2.24) is 4.58 Å². The van der Waals surface area contributed by atoms with Crippen molar-refractivity contribution in [3.63, 3.8) is 0 Å². The Hall–Kier alpha value is -2.87. The monoisotopic (exact) mass is 610 g/mol. The molecule has 2 aliphatic rings. The summed E-state index contributed by atoms with van der Waals surface area (Å²) >= 11 is 0.173. The number of anilines is 1. The van der Waals surface area contributed by atoms with Gasteiger partial charge < -0.3 is 0 Å². The van der Waals surface area contributed by atoms with Gasteiger partial charge in [0, 0.05) is 0 Å². The number of methoxy groups -OCH3 is 1. The summed E-state index contributed by atoms with van der Waals surface area (Å²) in [4.78, 5) is 14.7. The van der Waals surface area contributed by atoms with E-state index >= 15 is 0 Å². The van der Waals surface area contributed by atoms with Crippen LogP contribution in [0.15, 0.2) is 60.7 Å². The van der Waals surface area contributed by atoms with E-state index < -0.39 is 7.81 Å². The van der Waals surface area contributed by atoms with E-state index in [1.165, 1.54) is 37.8 Å². The van der Waals surface area contributed by atoms with Crippen LogP contribution in [0, 0.1) is 0 Å². The molecule has 1 heterocycles. The summed E-state index contributed by atoms with van der Waals surface area (Å²) < 4.78 is 69.1. The van der Waals surface area contributed by atoms with Crippen molar-refractivity contribution >= 4 is 43.6 Å². The van der Waals surface area contributed by atoms with Gasteiger partial charge in [0.1, 0.15) is 0 Å². The summed E-state index contributed by atoms with van der Waals surface area (Å²) in [5, 5.41) is 2.38. The Morgan fingerprint density at radius 1 is 0.892 bits per heavy atom. The second-order valence-corrected chi connectivity index (χ2v) is 12.8. The molecule has 0 aromatic heterocycles. The van der Waals surface area contributed by atoms with Crippen LogP contribution < -0.4 is 14.8 Å². The van der Waals surface area contributed by atoms with Gasteiger partial charge in [0.25, 0.3) is 0 Å². The second-order valence-electron chi connectivity index (χ2n) is 8.62. The SMILES string of the molecule is COC(=O)c1ccccc1-c1c2ccc(=[N+](C)C)cc-2[se]c2cc(N(C)C)ccc12.F[P-](F)(F)(F)(F)F. The number of ether oxygens (including phenoxy) is 1. The molecule has 2 aromatic carbocycles. The van der Waals surface area contributed by atoms with E-state index in [0.717, 1.165) is 11.1 Å². The first kappa shape index (κ1) is 28.7. The third kappa shape index (κ3) is 7.81. The standard InChI is InChI=1S/C25H25N2O2Se.F6P/c1-26(2)16-10-12-20-22(14-16)30-23-15-17(27(3)4)11-13-21(23)24(20)18-8-6-7-9-19(18)25(28)29-5;1-7(2,3,4,5)6/h6-15H,1-5H3;/q+1;-1. The molecule has 37 heavy (non-hydrogen) atoms. The Kier molecular flexibility index (Phi) is 7.34. The van der Waals surface area contributed by atoms with E-state index in [-0.39, 0.29) is 20.5 Å². The van der Waals surface area contributed by atoms with Gasteiger partial charge >= 0.3 is 216 Å². The number of esters is 1. The molecule has 0 amide bonds. The molecule has 4 nitrogen and oxygen atoms in total. The molecule has 1 aliphatic heterocycles. The first-order valence-electron chi connectivity index (χ1n) is 10.8. The molecular weight excluding hydrogens is 584 g/mol. The Labute approximate surface area is 215 Å². The number of carbonyl (C=O) groups excluding carboxylic acids is 1. The Morgan fingerprint density at radius 2 is 1.51 bits per heavy atom. The molecule has 200 valence electrons. The van der Waals surface area contributed by atoms with Gasteiger partial charge in [0.15, 0.2) is 0 Å². The average molecular weight is 609 g/mol. The zero-order valence-corrected chi connectivity index (χ0v) is 23.2. The predicted octanol–water partition coefficient (Wildman–Crippen LogP) is 6.94. The first-order valence-corrected chi connectivity index (χ1v) is 14.5. The molecule has 0 saturated carbocycles. The van der Waals surface area contributed by atoms with Gasteiger partial charge in [-0.15, -0.1) is 0 Å². The van der Waals surface area contributed by atoms with E-state index in [1.807, 2.05) is 24.3 Å². The van der Waals surface area contributed by atoms with Crippen molar-refractivity contribution in [2.45, 2.75) is 0 Å². The van der Waals surface area contributed by atoms with Crippen molar-refractivity contribution in [3.8, 4) is 21.1 Å². The topological polar surface area (TPSA) is 32.6 Å². The predicted molar refractivity (Wildman–Crippen MR) is 139 cm³/mol. The van der Waals surface area contributed by atoms with E-state index in [1.54, 1.807) is 0 Å². The summed E-state index contributed by atoms with van der Waals surface area (Å²) in [6.07, 6.45) is 0. The van der Waals surface area contributed by atoms with Crippen LogP contribution in [-0.2, 0) is 4.74 Å². The molecule has 0 spiro atoms. The summed E-state index contributed by atoms with van der Waals surface area (Å²) in [6, 6.07) is 21.0. The third-order valence-electron chi connectivity index (χ3n) is 5.32. The van der Waals surface area contributed by atoms with E-state index in [9.17, 15) is 30.0 Å². The third-order valence-corrected chi connectivity index (χ3v) is 7.66. The second kappa shape index (κ2) is 9.46. The van der Waals surface area contributed by atoms with Crippen molar-refractivity contribution in [3.05, 3.63) is 71.6 Å². The van der Waals surface area contributed by atoms with Crippen LogP contribution in [0.4, 0.5) is 30.9 Å². The number of fused-ring (bicyclic) bond motifs is 2. The fraction of sp³-hybridized carbons (Fsp3) is 0.200. The Bertz CT molecular complexity index is 1520. The molecule has 0 radical (unpaired) electrons. The molecule has 0 bridgehead atoms. The van der Waals surface area contributed by atoms with Crippen LogP contribution in [-0.4, -0.2) is 55.8 Å².